The van der Waals surface area contributed by atoms with Crippen molar-refractivity contribution < 1.29 is 48.5 Å². The highest BCUT2D eigenvalue weighted by Crippen LogP contribution is 2.26. The lowest BCUT2D eigenvalue weighted by atomic mass is 9.90. The van der Waals surface area contributed by atoms with Crippen LogP contribution in [0, 0.1) is 11.8 Å². The third-order valence-corrected chi connectivity index (χ3v) is 5.83. The molecule has 0 aromatic carbocycles. The summed E-state index contributed by atoms with van der Waals surface area (Å²) in [6.45, 7) is 3.85. The van der Waals surface area contributed by atoms with Crippen LogP contribution < -0.4 is 0 Å². The second kappa shape index (κ2) is 15.2. The molecule has 0 fully saturated rings. The Labute approximate surface area is 226 Å². The van der Waals surface area contributed by atoms with Crippen LogP contribution >= 0.6 is 0 Å². The highest BCUT2D eigenvalue weighted by atomic mass is 16.6. The van der Waals surface area contributed by atoms with Crippen LogP contribution in [-0.4, -0.2) is 46.0 Å². The first-order valence-electron chi connectivity index (χ1n) is 12.7. The van der Waals surface area contributed by atoms with E-state index in [9.17, 15) is 39.0 Å². The van der Waals surface area contributed by atoms with E-state index in [4.69, 9.17) is 9.47 Å². The van der Waals surface area contributed by atoms with Gasteiger partial charge in [-0.15, -0.1) is 0 Å². The molecule has 0 bridgehead atoms. The molecule has 0 saturated carbocycles. The monoisotopic (exact) mass is 540 g/mol. The zero-order valence-electron chi connectivity index (χ0n) is 21.9. The Morgan fingerprint density at radius 2 is 1.10 bits per heavy atom. The molecule has 10 heteroatoms. The van der Waals surface area contributed by atoms with Crippen molar-refractivity contribution in [3.63, 3.8) is 0 Å². The molecule has 2 rings (SSSR count). The average molecular weight is 541 g/mol. The van der Waals surface area contributed by atoms with Crippen LogP contribution in [0.5, 0.6) is 0 Å². The van der Waals surface area contributed by atoms with Crippen molar-refractivity contribution in [2.24, 2.45) is 11.8 Å². The molecule has 0 aliphatic heterocycles. The maximum atomic E-state index is 12.5. The largest absolute Gasteiger partial charge is 0.478 e. The smallest absolute Gasteiger partial charge is 0.335 e. The van der Waals surface area contributed by atoms with E-state index in [-0.39, 0.29) is 30.4 Å². The quantitative estimate of drug-likeness (QED) is 0.272. The van der Waals surface area contributed by atoms with Gasteiger partial charge >= 0.3 is 35.8 Å². The van der Waals surface area contributed by atoms with Crippen LogP contribution in [-0.2, 0) is 38.2 Å². The molecule has 2 aliphatic carbocycles. The Balaban J connectivity index is 1.87. The molecule has 39 heavy (non-hydrogen) atoms. The first-order valence-corrected chi connectivity index (χ1v) is 12.7. The van der Waals surface area contributed by atoms with Crippen molar-refractivity contribution in [2.45, 2.75) is 58.8 Å². The number of hydrogen-bond acceptors (Lipinski definition) is 8. The molecule has 0 spiro atoms. The van der Waals surface area contributed by atoms with Gasteiger partial charge in [-0.05, 0) is 42.6 Å². The van der Waals surface area contributed by atoms with Gasteiger partial charge in [-0.2, -0.15) is 0 Å². The van der Waals surface area contributed by atoms with Crippen molar-refractivity contribution in [2.75, 3.05) is 0 Å². The number of ether oxygens (including phenoxy) is 2. The number of carboxylic acid groups (broad SMARTS) is 2. The van der Waals surface area contributed by atoms with Crippen LogP contribution in [0.25, 0.3) is 0 Å². The molecule has 0 amide bonds. The number of rotatable bonds is 12. The minimum atomic E-state index is -1.14. The Kier molecular flexibility index (Phi) is 12.0. The zero-order valence-corrected chi connectivity index (χ0v) is 21.9. The summed E-state index contributed by atoms with van der Waals surface area (Å²) in [5.41, 5.74) is 0.865. The minimum Gasteiger partial charge on any atom is -0.478 e. The predicted octanol–water partition coefficient (Wildman–Crippen LogP) is 4.14. The van der Waals surface area contributed by atoms with Crippen molar-refractivity contribution in [3.8, 4) is 0 Å². The summed E-state index contributed by atoms with van der Waals surface area (Å²) >= 11 is 0. The highest BCUT2D eigenvalue weighted by molar-refractivity contribution is 5.96. The van der Waals surface area contributed by atoms with Gasteiger partial charge in [-0.3, -0.25) is 19.2 Å². The van der Waals surface area contributed by atoms with Gasteiger partial charge < -0.3 is 19.7 Å². The molecule has 2 unspecified atom stereocenters. The summed E-state index contributed by atoms with van der Waals surface area (Å²) in [6, 6.07) is 0. The highest BCUT2D eigenvalue weighted by Gasteiger charge is 2.28. The average Bonchev–Trinajstić information content (AvgIpc) is 2.89. The Morgan fingerprint density at radius 1 is 0.718 bits per heavy atom. The maximum Gasteiger partial charge on any atom is 0.335 e. The molecule has 0 heterocycles. The SMILES string of the molecule is CCCC=C1C=C(C(=O)O)C=CC1C(=O)OC(=O)CCCC(=O)OC(=O)C1C=CC(C(=O)O)=CC1=CCCC. The Morgan fingerprint density at radius 3 is 1.44 bits per heavy atom. The van der Waals surface area contributed by atoms with Crippen LogP contribution in [0.3, 0.4) is 0 Å². The molecular weight excluding hydrogens is 508 g/mol. The Hall–Kier alpha value is -4.34. The molecule has 208 valence electrons. The van der Waals surface area contributed by atoms with Gasteiger partial charge in [-0.25, -0.2) is 9.59 Å². The summed E-state index contributed by atoms with van der Waals surface area (Å²) in [4.78, 5) is 72.0. The van der Waals surface area contributed by atoms with Crippen molar-refractivity contribution in [3.05, 3.63) is 70.9 Å². The van der Waals surface area contributed by atoms with Crippen LogP contribution in [0.1, 0.15) is 58.8 Å². The van der Waals surface area contributed by atoms with Gasteiger partial charge in [0, 0.05) is 12.8 Å². The van der Waals surface area contributed by atoms with Crippen LogP contribution in [0.15, 0.2) is 70.9 Å². The second-order valence-electron chi connectivity index (χ2n) is 8.91. The van der Waals surface area contributed by atoms with E-state index in [1.807, 2.05) is 13.8 Å². The lowest BCUT2D eigenvalue weighted by Gasteiger charge is -2.17. The number of carbonyl (C=O) groups is 6. The first kappa shape index (κ1) is 30.9. The van der Waals surface area contributed by atoms with E-state index in [2.05, 4.69) is 0 Å². The summed E-state index contributed by atoms with van der Waals surface area (Å²) in [6.07, 6.45) is 13.6. The van der Waals surface area contributed by atoms with Gasteiger partial charge in [0.1, 0.15) is 11.8 Å². The Bertz CT molecular complexity index is 1100. The normalized spacial score (nSPS) is 20.3. The van der Waals surface area contributed by atoms with E-state index < -0.39 is 47.7 Å². The number of aliphatic carboxylic acids is 2. The topological polar surface area (TPSA) is 161 Å². The van der Waals surface area contributed by atoms with Gasteiger partial charge in [-0.1, -0.05) is 63.1 Å². The predicted molar refractivity (Wildman–Crippen MR) is 139 cm³/mol. The number of allylic oxidation sites excluding steroid dienone is 4. The first-order chi connectivity index (χ1) is 18.6. The van der Waals surface area contributed by atoms with Crippen LogP contribution in [0.4, 0.5) is 0 Å². The number of carbonyl (C=O) groups excluding carboxylic acids is 4. The second-order valence-corrected chi connectivity index (χ2v) is 8.91. The van der Waals surface area contributed by atoms with E-state index >= 15 is 0 Å². The molecule has 0 aromatic rings. The number of carboxylic acids is 2. The molecular formula is C29H32O10. The van der Waals surface area contributed by atoms with Gasteiger partial charge in [0.25, 0.3) is 0 Å². The molecule has 0 aromatic heterocycles. The van der Waals surface area contributed by atoms with E-state index in [1.165, 1.54) is 36.5 Å². The summed E-state index contributed by atoms with van der Waals surface area (Å²) in [7, 11) is 0. The molecule has 2 N–H and O–H groups in total. The van der Waals surface area contributed by atoms with Gasteiger partial charge in [0.15, 0.2) is 0 Å². The molecule has 0 saturated heterocycles. The fourth-order valence-corrected chi connectivity index (χ4v) is 3.78. The molecule has 0 radical (unpaired) electrons. The standard InChI is InChI=1S/C29H32O10/c1-3-5-8-18-16-20(26(32)33)12-14-22(18)28(36)38-24(30)10-7-11-25(31)39-29(37)23-15-13-21(27(34)35)17-19(23)9-6-4-2/h8-9,12-17,22-23H,3-7,10-11H2,1-2H3,(H,32,33)(H,34,35). The lowest BCUT2D eigenvalue weighted by Crippen LogP contribution is -2.24. The third-order valence-electron chi connectivity index (χ3n) is 5.83. The zero-order chi connectivity index (χ0) is 28.9. The van der Waals surface area contributed by atoms with Crippen LogP contribution in [0.2, 0.25) is 0 Å². The number of hydrogen-bond donors (Lipinski definition) is 2. The fraction of sp³-hybridized carbons (Fsp3) is 0.379. The third kappa shape index (κ3) is 9.48. The molecule has 10 nitrogen and oxygen atoms in total. The van der Waals surface area contributed by atoms with Crippen molar-refractivity contribution in [1.82, 2.24) is 0 Å². The van der Waals surface area contributed by atoms with Gasteiger partial charge in [0.05, 0.1) is 11.1 Å². The van der Waals surface area contributed by atoms with Crippen molar-refractivity contribution >= 4 is 35.8 Å². The number of esters is 4. The summed E-state index contributed by atoms with van der Waals surface area (Å²) in [5.74, 6) is -7.61. The fourth-order valence-electron chi connectivity index (χ4n) is 3.78. The lowest BCUT2D eigenvalue weighted by molar-refractivity contribution is -0.161. The minimum absolute atomic E-state index is 0.0100. The molecule has 2 aliphatic rings. The summed E-state index contributed by atoms with van der Waals surface area (Å²) < 4.78 is 9.80. The van der Waals surface area contributed by atoms with E-state index in [0.29, 0.717) is 24.0 Å². The van der Waals surface area contributed by atoms with E-state index in [1.54, 1.807) is 12.2 Å². The van der Waals surface area contributed by atoms with Gasteiger partial charge in [0.2, 0.25) is 0 Å². The summed E-state index contributed by atoms with van der Waals surface area (Å²) in [5, 5.41) is 18.4. The molecule has 2 atom stereocenters. The maximum absolute atomic E-state index is 12.5. The van der Waals surface area contributed by atoms with E-state index in [0.717, 1.165) is 12.8 Å². The number of unbranched alkanes of at least 4 members (excludes halogenated alkanes) is 2. The van der Waals surface area contributed by atoms with Crippen molar-refractivity contribution in [1.29, 1.82) is 0 Å².